The normalized spacial score (nSPS) is 14.6. The summed E-state index contributed by atoms with van der Waals surface area (Å²) in [6.45, 7) is -0.598. The molecule has 0 bridgehead atoms. The molecule has 11 heteroatoms. The maximum atomic E-state index is 12.1. The van der Waals surface area contributed by atoms with Gasteiger partial charge in [0.15, 0.2) is 0 Å². The van der Waals surface area contributed by atoms with Crippen molar-refractivity contribution in [2.24, 2.45) is 5.92 Å². The Morgan fingerprint density at radius 1 is 1.17 bits per heavy atom. The predicted octanol–water partition coefficient (Wildman–Crippen LogP) is 0.634. The van der Waals surface area contributed by atoms with Crippen LogP contribution < -0.4 is 4.72 Å². The number of benzene rings is 1. The third kappa shape index (κ3) is 5.97. The Bertz CT molecular complexity index is 706. The van der Waals surface area contributed by atoms with Gasteiger partial charge < -0.3 is 10.2 Å². The minimum Gasteiger partial charge on any atom is -0.481 e. The highest BCUT2D eigenvalue weighted by Crippen LogP contribution is 2.32. The highest BCUT2D eigenvalue weighted by atomic mass is 32.2. The van der Waals surface area contributed by atoms with E-state index in [9.17, 15) is 27.5 Å². The Labute approximate surface area is 139 Å². The number of hydrogen-bond donors (Lipinski definition) is 4. The van der Waals surface area contributed by atoms with Crippen LogP contribution in [0, 0.1) is 5.92 Å². The van der Waals surface area contributed by atoms with Gasteiger partial charge in [0, 0.05) is 6.42 Å². The Balaban J connectivity index is 2.90. The quantitative estimate of drug-likeness (QED) is 0.432. The summed E-state index contributed by atoms with van der Waals surface area (Å²) in [5.74, 6) is -4.18. The van der Waals surface area contributed by atoms with Gasteiger partial charge in [-0.1, -0.05) is 18.2 Å². The summed E-state index contributed by atoms with van der Waals surface area (Å²) in [5.41, 5.74) is -1.45. The van der Waals surface area contributed by atoms with Crippen LogP contribution in [0.3, 0.4) is 0 Å². The van der Waals surface area contributed by atoms with Gasteiger partial charge in [-0.3, -0.25) is 9.59 Å². The van der Waals surface area contributed by atoms with E-state index in [0.717, 1.165) is 0 Å². The second-order valence-electron chi connectivity index (χ2n) is 4.91. The van der Waals surface area contributed by atoms with Crippen LogP contribution in [0.25, 0.3) is 0 Å². The maximum absolute atomic E-state index is 12.1. The number of rotatable bonds is 10. The lowest BCUT2D eigenvalue weighted by Gasteiger charge is -2.14. The molecular weight excluding hydrogens is 361 g/mol. The SMILES string of the molecule is O=C(O)CCC(C(=O)O)C(CNS(=O)(=O)c1ccccc1)[P+](=O)O. The monoisotopic (exact) mass is 378 g/mol. The zero-order valence-corrected chi connectivity index (χ0v) is 14.1. The molecule has 132 valence electrons. The number of hydrogen-bond acceptors (Lipinski definition) is 5. The highest BCUT2D eigenvalue weighted by molar-refractivity contribution is 7.89. The van der Waals surface area contributed by atoms with Gasteiger partial charge in [0.1, 0.15) is 5.92 Å². The van der Waals surface area contributed by atoms with Gasteiger partial charge in [-0.2, -0.15) is 4.89 Å². The molecule has 0 saturated heterocycles. The summed E-state index contributed by atoms with van der Waals surface area (Å²) in [6, 6.07) is 7.22. The molecule has 0 fully saturated rings. The van der Waals surface area contributed by atoms with Crippen LogP contribution in [-0.2, 0) is 24.2 Å². The first-order valence-corrected chi connectivity index (χ1v) is 9.56. The fourth-order valence-electron chi connectivity index (χ4n) is 2.01. The number of carboxylic acid groups (broad SMARTS) is 2. The van der Waals surface area contributed by atoms with E-state index in [4.69, 9.17) is 10.2 Å². The Morgan fingerprint density at radius 3 is 2.21 bits per heavy atom. The summed E-state index contributed by atoms with van der Waals surface area (Å²) >= 11 is 0. The maximum Gasteiger partial charge on any atom is 0.511 e. The van der Waals surface area contributed by atoms with E-state index in [2.05, 4.69) is 4.72 Å². The van der Waals surface area contributed by atoms with Crippen molar-refractivity contribution in [1.29, 1.82) is 0 Å². The van der Waals surface area contributed by atoms with Crippen LogP contribution in [0.1, 0.15) is 12.8 Å². The molecule has 1 rings (SSSR count). The van der Waals surface area contributed by atoms with E-state index in [1.54, 1.807) is 6.07 Å². The second kappa shape index (κ2) is 8.84. The minimum absolute atomic E-state index is 0.0747. The van der Waals surface area contributed by atoms with E-state index < -0.39 is 54.5 Å². The Morgan fingerprint density at radius 2 is 1.75 bits per heavy atom. The summed E-state index contributed by atoms with van der Waals surface area (Å²) < 4.78 is 37.7. The molecule has 0 aliphatic heterocycles. The first-order chi connectivity index (χ1) is 11.1. The van der Waals surface area contributed by atoms with E-state index in [0.29, 0.717) is 0 Å². The third-order valence-electron chi connectivity index (χ3n) is 3.27. The van der Waals surface area contributed by atoms with Crippen LogP contribution in [0.4, 0.5) is 0 Å². The molecule has 3 unspecified atom stereocenters. The van der Waals surface area contributed by atoms with Gasteiger partial charge in [-0.15, -0.1) is 0 Å². The van der Waals surface area contributed by atoms with E-state index in [1.165, 1.54) is 24.3 Å². The molecule has 0 amide bonds. The van der Waals surface area contributed by atoms with Crippen LogP contribution in [-0.4, -0.2) is 47.7 Å². The molecule has 9 nitrogen and oxygen atoms in total. The molecule has 0 aliphatic rings. The van der Waals surface area contributed by atoms with Crippen molar-refractivity contribution >= 4 is 30.0 Å². The highest BCUT2D eigenvalue weighted by Gasteiger charge is 2.42. The number of nitrogens with one attached hydrogen (secondary N) is 1. The van der Waals surface area contributed by atoms with Gasteiger partial charge in [-0.25, -0.2) is 13.1 Å². The fourth-order valence-corrected chi connectivity index (χ4v) is 4.05. The number of aliphatic carboxylic acids is 2. The van der Waals surface area contributed by atoms with Crippen molar-refractivity contribution in [3.8, 4) is 0 Å². The molecular formula is C13H17NO8PS+. The van der Waals surface area contributed by atoms with E-state index in [1.807, 2.05) is 0 Å². The molecule has 0 radical (unpaired) electrons. The topological polar surface area (TPSA) is 158 Å². The fraction of sp³-hybridized carbons (Fsp3) is 0.385. The summed E-state index contributed by atoms with van der Waals surface area (Å²) in [7, 11) is -7.02. The molecule has 24 heavy (non-hydrogen) atoms. The van der Waals surface area contributed by atoms with Crippen molar-refractivity contribution in [1.82, 2.24) is 4.72 Å². The largest absolute Gasteiger partial charge is 0.511 e. The van der Waals surface area contributed by atoms with Gasteiger partial charge in [0.05, 0.1) is 11.4 Å². The molecule has 0 heterocycles. The molecule has 0 aliphatic carbocycles. The first kappa shape index (κ1) is 20.2. The van der Waals surface area contributed by atoms with E-state index in [-0.39, 0.29) is 11.3 Å². The van der Waals surface area contributed by atoms with Gasteiger partial charge in [0.2, 0.25) is 15.7 Å². The summed E-state index contributed by atoms with van der Waals surface area (Å²) in [5, 5.41) is 17.8. The zero-order valence-electron chi connectivity index (χ0n) is 12.4. The molecule has 0 aromatic heterocycles. The van der Waals surface area contributed by atoms with Crippen molar-refractivity contribution < 1.29 is 37.7 Å². The molecule has 3 atom stereocenters. The second-order valence-corrected chi connectivity index (χ2v) is 7.95. The number of sulfonamides is 1. The lowest BCUT2D eigenvalue weighted by atomic mass is 9.99. The minimum atomic E-state index is -3.98. The summed E-state index contributed by atoms with van der Waals surface area (Å²) in [4.78, 5) is 31.1. The van der Waals surface area contributed by atoms with Gasteiger partial charge >= 0.3 is 20.0 Å². The molecule has 0 spiro atoms. The van der Waals surface area contributed by atoms with Crippen LogP contribution >= 0.6 is 8.03 Å². The molecule has 0 saturated carbocycles. The van der Waals surface area contributed by atoms with Gasteiger partial charge in [0.25, 0.3) is 0 Å². The van der Waals surface area contributed by atoms with Crippen LogP contribution in [0.2, 0.25) is 0 Å². The molecule has 4 N–H and O–H groups in total. The lowest BCUT2D eigenvalue weighted by Crippen LogP contribution is -2.37. The summed E-state index contributed by atoms with van der Waals surface area (Å²) in [6.07, 6.45) is -0.897. The standard InChI is InChI=1S/C13H16NO8PS/c15-12(16)7-6-10(13(17)18)11(23(19)20)8-14-24(21,22)9-4-2-1-3-5-9/h1-5,10-11,14H,6-8H2,(H2-,15,16,17,18,19,20)/p+1. The van der Waals surface area contributed by atoms with Gasteiger partial charge in [-0.05, 0) is 23.1 Å². The Kier molecular flexibility index (Phi) is 7.43. The van der Waals surface area contributed by atoms with Crippen LogP contribution in [0.15, 0.2) is 35.2 Å². The average molecular weight is 378 g/mol. The molecule has 1 aromatic carbocycles. The van der Waals surface area contributed by atoms with Crippen molar-refractivity contribution in [2.45, 2.75) is 23.4 Å². The smallest absolute Gasteiger partial charge is 0.481 e. The van der Waals surface area contributed by atoms with Crippen LogP contribution in [0.5, 0.6) is 0 Å². The van der Waals surface area contributed by atoms with Crippen molar-refractivity contribution in [3.05, 3.63) is 30.3 Å². The predicted molar refractivity (Wildman–Crippen MR) is 83.2 cm³/mol. The Hall–Kier alpha value is -1.87. The lowest BCUT2D eigenvalue weighted by molar-refractivity contribution is -0.143. The zero-order chi connectivity index (χ0) is 18.3. The van der Waals surface area contributed by atoms with Crippen molar-refractivity contribution in [2.75, 3.05) is 6.54 Å². The average Bonchev–Trinajstić information content (AvgIpc) is 2.50. The number of carboxylic acids is 2. The molecule has 1 aromatic rings. The number of carbonyl (C=O) groups is 2. The third-order valence-corrected chi connectivity index (χ3v) is 5.82. The van der Waals surface area contributed by atoms with E-state index >= 15 is 0 Å². The first-order valence-electron chi connectivity index (χ1n) is 6.79. The van der Waals surface area contributed by atoms with Crippen molar-refractivity contribution in [3.63, 3.8) is 0 Å².